The van der Waals surface area contributed by atoms with Crippen LogP contribution in [0.25, 0.3) is 16.7 Å². The number of nitrogens with zero attached hydrogens (tertiary/aromatic N) is 2. The third-order valence-corrected chi connectivity index (χ3v) is 4.13. The van der Waals surface area contributed by atoms with Gasteiger partial charge in [-0.15, -0.1) is 0 Å². The number of fused-ring (bicyclic) bond motifs is 1. The Kier molecular flexibility index (Phi) is 3.45. The molecule has 1 heterocycles. The second-order valence-electron chi connectivity index (χ2n) is 5.31. The zero-order chi connectivity index (χ0) is 15.1. The van der Waals surface area contributed by atoms with Crippen LogP contribution in [0.3, 0.4) is 0 Å². The molecular formula is C16H15BrFN3. The number of anilines is 1. The van der Waals surface area contributed by atoms with E-state index in [2.05, 4.69) is 46.9 Å². The maximum Gasteiger partial charge on any atom is 0.205 e. The largest absolute Gasteiger partial charge is 0.369 e. The highest BCUT2D eigenvalue weighted by Crippen LogP contribution is 2.29. The Labute approximate surface area is 130 Å². The van der Waals surface area contributed by atoms with Crippen LogP contribution in [0.4, 0.5) is 10.3 Å². The van der Waals surface area contributed by atoms with Crippen LogP contribution in [0.2, 0.25) is 0 Å². The van der Waals surface area contributed by atoms with Gasteiger partial charge in [0.15, 0.2) is 0 Å². The van der Waals surface area contributed by atoms with Crippen molar-refractivity contribution in [3.8, 4) is 5.69 Å². The predicted octanol–water partition coefficient (Wildman–Crippen LogP) is 4.63. The number of nitrogen functional groups attached to an aromatic ring is 1. The van der Waals surface area contributed by atoms with Crippen molar-refractivity contribution in [1.29, 1.82) is 0 Å². The number of imidazole rings is 1. The summed E-state index contributed by atoms with van der Waals surface area (Å²) < 4.78 is 15.9. The summed E-state index contributed by atoms with van der Waals surface area (Å²) in [6.07, 6.45) is 0. The van der Waals surface area contributed by atoms with E-state index in [1.54, 1.807) is 6.07 Å². The Morgan fingerprint density at radius 3 is 2.71 bits per heavy atom. The van der Waals surface area contributed by atoms with Crippen LogP contribution in [0, 0.1) is 5.82 Å². The SMILES string of the molecule is CC(C)c1cccc(-n2c(N)nc3cc(F)c(Br)cc32)c1. The van der Waals surface area contributed by atoms with Crippen LogP contribution in [0.1, 0.15) is 25.3 Å². The van der Waals surface area contributed by atoms with Crippen LogP contribution in [-0.4, -0.2) is 9.55 Å². The zero-order valence-electron chi connectivity index (χ0n) is 11.8. The number of hydrogen-bond donors (Lipinski definition) is 1. The van der Waals surface area contributed by atoms with Gasteiger partial charge in [0.25, 0.3) is 0 Å². The first-order valence-electron chi connectivity index (χ1n) is 6.70. The van der Waals surface area contributed by atoms with Crippen molar-refractivity contribution in [2.75, 3.05) is 5.73 Å². The van der Waals surface area contributed by atoms with Gasteiger partial charge in [-0.2, -0.15) is 0 Å². The molecule has 3 aromatic rings. The molecule has 21 heavy (non-hydrogen) atoms. The maximum atomic E-state index is 13.6. The third-order valence-electron chi connectivity index (χ3n) is 3.52. The van der Waals surface area contributed by atoms with Crippen molar-refractivity contribution in [2.24, 2.45) is 0 Å². The Bertz CT molecular complexity index is 824. The number of halogens is 2. The minimum absolute atomic E-state index is 0.344. The summed E-state index contributed by atoms with van der Waals surface area (Å²) in [5, 5.41) is 0. The average Bonchev–Trinajstić information content (AvgIpc) is 2.74. The molecule has 2 N–H and O–H groups in total. The van der Waals surface area contributed by atoms with E-state index >= 15 is 0 Å². The van der Waals surface area contributed by atoms with E-state index in [0.717, 1.165) is 11.2 Å². The van der Waals surface area contributed by atoms with Gasteiger partial charge in [0.05, 0.1) is 15.5 Å². The molecule has 0 atom stereocenters. The predicted molar refractivity (Wildman–Crippen MR) is 87.2 cm³/mol. The number of benzene rings is 2. The minimum atomic E-state index is -0.344. The second-order valence-corrected chi connectivity index (χ2v) is 6.16. The van der Waals surface area contributed by atoms with Crippen LogP contribution >= 0.6 is 15.9 Å². The van der Waals surface area contributed by atoms with E-state index in [9.17, 15) is 4.39 Å². The van der Waals surface area contributed by atoms with Crippen molar-refractivity contribution in [2.45, 2.75) is 19.8 Å². The summed E-state index contributed by atoms with van der Waals surface area (Å²) in [4.78, 5) is 4.25. The standard InChI is InChI=1S/C16H15BrFN3/c1-9(2)10-4-3-5-11(6-10)21-15-7-12(17)13(18)8-14(15)20-16(21)19/h3-9H,1-2H3,(H2,19,20). The lowest BCUT2D eigenvalue weighted by molar-refractivity contribution is 0.623. The van der Waals surface area contributed by atoms with Crippen molar-refractivity contribution >= 4 is 32.9 Å². The van der Waals surface area contributed by atoms with E-state index in [0.29, 0.717) is 21.9 Å². The summed E-state index contributed by atoms with van der Waals surface area (Å²) in [7, 11) is 0. The molecule has 5 heteroatoms. The van der Waals surface area contributed by atoms with Crippen molar-refractivity contribution in [3.05, 3.63) is 52.3 Å². The molecule has 0 unspecified atom stereocenters. The highest BCUT2D eigenvalue weighted by molar-refractivity contribution is 9.10. The fraction of sp³-hybridized carbons (Fsp3) is 0.188. The van der Waals surface area contributed by atoms with Crippen LogP contribution in [0.5, 0.6) is 0 Å². The van der Waals surface area contributed by atoms with Gasteiger partial charge < -0.3 is 5.73 Å². The van der Waals surface area contributed by atoms with E-state index in [-0.39, 0.29) is 5.82 Å². The van der Waals surface area contributed by atoms with Gasteiger partial charge in [-0.1, -0.05) is 26.0 Å². The van der Waals surface area contributed by atoms with Gasteiger partial charge in [0.1, 0.15) is 5.82 Å². The lowest BCUT2D eigenvalue weighted by Crippen LogP contribution is -2.01. The molecule has 3 rings (SSSR count). The Morgan fingerprint density at radius 2 is 2.00 bits per heavy atom. The van der Waals surface area contributed by atoms with Crippen molar-refractivity contribution < 1.29 is 4.39 Å². The number of aromatic nitrogens is 2. The summed E-state index contributed by atoms with van der Waals surface area (Å²) in [6.45, 7) is 4.28. The van der Waals surface area contributed by atoms with E-state index in [4.69, 9.17) is 5.73 Å². The molecule has 0 radical (unpaired) electrons. The molecule has 3 nitrogen and oxygen atoms in total. The summed E-state index contributed by atoms with van der Waals surface area (Å²) >= 11 is 3.21. The lowest BCUT2D eigenvalue weighted by atomic mass is 10.0. The van der Waals surface area contributed by atoms with Gasteiger partial charge in [-0.25, -0.2) is 9.37 Å². The molecular weight excluding hydrogens is 333 g/mol. The lowest BCUT2D eigenvalue weighted by Gasteiger charge is -2.11. The first-order chi connectivity index (χ1) is 9.97. The third kappa shape index (κ3) is 2.42. The first kappa shape index (κ1) is 14.1. The Hall–Kier alpha value is -1.88. The quantitative estimate of drug-likeness (QED) is 0.734. The van der Waals surface area contributed by atoms with Crippen LogP contribution < -0.4 is 5.73 Å². The molecule has 2 aromatic carbocycles. The van der Waals surface area contributed by atoms with Gasteiger partial charge in [0, 0.05) is 11.8 Å². The van der Waals surface area contributed by atoms with E-state index in [1.807, 2.05) is 16.7 Å². The van der Waals surface area contributed by atoms with Crippen molar-refractivity contribution in [3.63, 3.8) is 0 Å². The molecule has 0 saturated carbocycles. The molecule has 0 spiro atoms. The Balaban J connectivity index is 2.27. The molecule has 0 aliphatic carbocycles. The summed E-state index contributed by atoms with van der Waals surface area (Å²) in [6, 6.07) is 11.2. The first-order valence-corrected chi connectivity index (χ1v) is 7.50. The maximum absolute atomic E-state index is 13.6. The minimum Gasteiger partial charge on any atom is -0.369 e. The highest BCUT2D eigenvalue weighted by atomic mass is 79.9. The average molecular weight is 348 g/mol. The summed E-state index contributed by atoms with van der Waals surface area (Å²) in [5.41, 5.74) is 9.50. The van der Waals surface area contributed by atoms with Crippen LogP contribution in [-0.2, 0) is 0 Å². The monoisotopic (exact) mass is 347 g/mol. The molecule has 108 valence electrons. The molecule has 0 amide bonds. The number of rotatable bonds is 2. The normalized spacial score (nSPS) is 11.5. The molecule has 0 aliphatic heterocycles. The smallest absolute Gasteiger partial charge is 0.205 e. The zero-order valence-corrected chi connectivity index (χ0v) is 13.4. The molecule has 0 bridgehead atoms. The van der Waals surface area contributed by atoms with Crippen molar-refractivity contribution in [1.82, 2.24) is 9.55 Å². The van der Waals surface area contributed by atoms with Gasteiger partial charge >= 0.3 is 0 Å². The fourth-order valence-corrected chi connectivity index (χ4v) is 2.72. The van der Waals surface area contributed by atoms with E-state index in [1.165, 1.54) is 11.6 Å². The van der Waals surface area contributed by atoms with Gasteiger partial charge in [-0.3, -0.25) is 4.57 Å². The topological polar surface area (TPSA) is 43.8 Å². The summed E-state index contributed by atoms with van der Waals surface area (Å²) in [5.74, 6) is 0.427. The molecule has 0 aliphatic rings. The molecule has 0 fully saturated rings. The fourth-order valence-electron chi connectivity index (χ4n) is 2.39. The van der Waals surface area contributed by atoms with Crippen LogP contribution in [0.15, 0.2) is 40.9 Å². The van der Waals surface area contributed by atoms with E-state index < -0.39 is 0 Å². The Morgan fingerprint density at radius 1 is 1.24 bits per heavy atom. The number of hydrogen-bond acceptors (Lipinski definition) is 2. The second kappa shape index (κ2) is 5.15. The molecule has 0 saturated heterocycles. The van der Waals surface area contributed by atoms with Gasteiger partial charge in [0.2, 0.25) is 5.95 Å². The highest BCUT2D eigenvalue weighted by Gasteiger charge is 2.13. The number of nitrogens with two attached hydrogens (primary N) is 1. The van der Waals surface area contributed by atoms with Gasteiger partial charge in [-0.05, 0) is 45.6 Å². The molecule has 1 aromatic heterocycles.